The summed E-state index contributed by atoms with van der Waals surface area (Å²) in [5.74, 6) is 1.30. The van der Waals surface area contributed by atoms with Gasteiger partial charge >= 0.3 is 0 Å². The first kappa shape index (κ1) is 24.3. The fraction of sp³-hybridized carbons (Fsp3) is 0.588. The third-order valence-corrected chi connectivity index (χ3v) is 4.25. The fourth-order valence-corrected chi connectivity index (χ4v) is 2.79. The molecule has 1 amide bonds. The molecule has 1 aromatic rings. The highest BCUT2D eigenvalue weighted by Crippen LogP contribution is 2.28. The number of hydrogen-bond donors (Lipinski definition) is 2. The lowest BCUT2D eigenvalue weighted by molar-refractivity contribution is -0.116. The van der Waals surface area contributed by atoms with Crippen molar-refractivity contribution in [2.75, 3.05) is 45.7 Å². The van der Waals surface area contributed by atoms with E-state index in [4.69, 9.17) is 16.3 Å². The van der Waals surface area contributed by atoms with E-state index in [0.717, 1.165) is 32.5 Å². The van der Waals surface area contributed by atoms with E-state index in [2.05, 4.69) is 10.6 Å². The van der Waals surface area contributed by atoms with Crippen molar-refractivity contribution in [2.45, 2.75) is 19.3 Å². The van der Waals surface area contributed by atoms with Gasteiger partial charge in [-0.25, -0.2) is 0 Å². The molecule has 0 saturated carbocycles. The molecule has 0 radical (unpaired) electrons. The largest absolute Gasteiger partial charge is 0.491 e. The number of ether oxygens (including phenoxy) is 1. The highest BCUT2D eigenvalue weighted by Gasteiger charge is 2.15. The Balaban J connectivity index is 0.00000288. The minimum absolute atomic E-state index is 0. The zero-order chi connectivity index (χ0) is 16.7. The average Bonchev–Trinajstić information content (AvgIpc) is 3.00. The SMILES string of the molecule is CN(C)CCOc1ccc(NC(=O)CCC2CCNC2)cc1Cl.Cl.Cl. The molecule has 1 aliphatic rings. The number of benzene rings is 1. The van der Waals surface area contributed by atoms with Gasteiger partial charge < -0.3 is 20.3 Å². The molecular formula is C17H28Cl3N3O2. The second-order valence-corrected chi connectivity index (χ2v) is 6.65. The van der Waals surface area contributed by atoms with E-state index in [1.54, 1.807) is 12.1 Å². The zero-order valence-electron chi connectivity index (χ0n) is 14.7. The van der Waals surface area contributed by atoms with Gasteiger partial charge in [0, 0.05) is 18.7 Å². The molecule has 144 valence electrons. The van der Waals surface area contributed by atoms with Crippen molar-refractivity contribution in [3.63, 3.8) is 0 Å². The molecule has 0 spiro atoms. The Kier molecular flexibility index (Phi) is 12.2. The number of carbonyl (C=O) groups is 1. The van der Waals surface area contributed by atoms with E-state index in [-0.39, 0.29) is 30.7 Å². The molecule has 1 aromatic carbocycles. The molecule has 5 nitrogen and oxygen atoms in total. The summed E-state index contributed by atoms with van der Waals surface area (Å²) in [5.41, 5.74) is 0.713. The van der Waals surface area contributed by atoms with E-state index >= 15 is 0 Å². The number of nitrogens with zero attached hydrogens (tertiary/aromatic N) is 1. The lowest BCUT2D eigenvalue weighted by Crippen LogP contribution is -2.19. The van der Waals surface area contributed by atoms with E-state index in [1.165, 1.54) is 0 Å². The van der Waals surface area contributed by atoms with Gasteiger partial charge in [0.05, 0.1) is 5.02 Å². The number of amides is 1. The van der Waals surface area contributed by atoms with Gasteiger partial charge in [-0.1, -0.05) is 11.6 Å². The van der Waals surface area contributed by atoms with Crippen LogP contribution in [-0.2, 0) is 4.79 Å². The van der Waals surface area contributed by atoms with Crippen molar-refractivity contribution >= 4 is 48.0 Å². The van der Waals surface area contributed by atoms with Gasteiger partial charge in [0.1, 0.15) is 12.4 Å². The molecule has 1 fully saturated rings. The summed E-state index contributed by atoms with van der Waals surface area (Å²) in [6.45, 7) is 3.49. The normalized spacial score (nSPS) is 16.1. The maximum atomic E-state index is 12.0. The Morgan fingerprint density at radius 2 is 2.16 bits per heavy atom. The third kappa shape index (κ3) is 8.97. The number of carbonyl (C=O) groups excluding carboxylic acids is 1. The second-order valence-electron chi connectivity index (χ2n) is 6.24. The number of likely N-dealkylation sites (N-methyl/N-ethyl adjacent to an activating group) is 1. The van der Waals surface area contributed by atoms with E-state index < -0.39 is 0 Å². The van der Waals surface area contributed by atoms with Gasteiger partial charge in [-0.15, -0.1) is 24.8 Å². The topological polar surface area (TPSA) is 53.6 Å². The van der Waals surface area contributed by atoms with Crippen LogP contribution in [-0.4, -0.2) is 51.1 Å². The monoisotopic (exact) mass is 411 g/mol. The predicted octanol–water partition coefficient (Wildman–Crippen LogP) is 3.45. The Hall–Kier alpha value is -0.720. The Labute approximate surface area is 167 Å². The Morgan fingerprint density at radius 1 is 1.40 bits per heavy atom. The quantitative estimate of drug-likeness (QED) is 0.686. The molecule has 8 heteroatoms. The summed E-state index contributed by atoms with van der Waals surface area (Å²) in [4.78, 5) is 14.0. The maximum absolute atomic E-state index is 12.0. The van der Waals surface area contributed by atoms with Crippen molar-refractivity contribution in [1.82, 2.24) is 10.2 Å². The molecule has 0 bridgehead atoms. The number of nitrogens with one attached hydrogen (secondary N) is 2. The van der Waals surface area contributed by atoms with Crippen molar-refractivity contribution in [3.8, 4) is 5.75 Å². The van der Waals surface area contributed by atoms with Crippen molar-refractivity contribution in [1.29, 1.82) is 0 Å². The van der Waals surface area contributed by atoms with Crippen LogP contribution in [0.3, 0.4) is 0 Å². The average molecular weight is 413 g/mol. The van der Waals surface area contributed by atoms with Crippen LogP contribution in [0.4, 0.5) is 5.69 Å². The number of halogens is 3. The number of anilines is 1. The summed E-state index contributed by atoms with van der Waals surface area (Å²) in [7, 11) is 3.98. The highest BCUT2D eigenvalue weighted by atomic mass is 35.5. The molecule has 1 aliphatic heterocycles. The molecule has 1 unspecified atom stereocenters. The molecular weight excluding hydrogens is 385 g/mol. The van der Waals surface area contributed by atoms with Crippen LogP contribution in [0.5, 0.6) is 5.75 Å². The van der Waals surface area contributed by atoms with Gasteiger partial charge in [0.2, 0.25) is 5.91 Å². The van der Waals surface area contributed by atoms with Crippen molar-refractivity contribution in [3.05, 3.63) is 23.2 Å². The molecule has 1 heterocycles. The number of hydrogen-bond acceptors (Lipinski definition) is 4. The van der Waals surface area contributed by atoms with Gasteiger partial charge in [0.15, 0.2) is 0 Å². The summed E-state index contributed by atoms with van der Waals surface area (Å²) < 4.78 is 5.63. The zero-order valence-corrected chi connectivity index (χ0v) is 17.1. The minimum Gasteiger partial charge on any atom is -0.491 e. The Bertz CT molecular complexity index is 524. The van der Waals surface area contributed by atoms with Gasteiger partial charge in [-0.2, -0.15) is 0 Å². The summed E-state index contributed by atoms with van der Waals surface area (Å²) >= 11 is 6.21. The lowest BCUT2D eigenvalue weighted by Gasteiger charge is -2.13. The standard InChI is InChI=1S/C17H26ClN3O2.2ClH/c1-21(2)9-10-23-16-5-4-14(11-15(16)18)20-17(22)6-3-13-7-8-19-12-13;;/h4-5,11,13,19H,3,6-10,12H2,1-2H3,(H,20,22);2*1H. The minimum atomic E-state index is 0. The molecule has 25 heavy (non-hydrogen) atoms. The lowest BCUT2D eigenvalue weighted by atomic mass is 10.0. The van der Waals surface area contributed by atoms with Crippen LogP contribution < -0.4 is 15.4 Å². The highest BCUT2D eigenvalue weighted by molar-refractivity contribution is 6.32. The summed E-state index contributed by atoms with van der Waals surface area (Å²) in [5, 5.41) is 6.73. The molecule has 2 N–H and O–H groups in total. The van der Waals surface area contributed by atoms with E-state index in [9.17, 15) is 4.79 Å². The van der Waals surface area contributed by atoms with Crippen LogP contribution in [0.1, 0.15) is 19.3 Å². The Morgan fingerprint density at radius 3 is 2.76 bits per heavy atom. The summed E-state index contributed by atoms with van der Waals surface area (Å²) in [6, 6.07) is 5.36. The smallest absolute Gasteiger partial charge is 0.224 e. The fourth-order valence-electron chi connectivity index (χ4n) is 2.55. The van der Waals surface area contributed by atoms with Crippen LogP contribution in [0.2, 0.25) is 5.02 Å². The van der Waals surface area contributed by atoms with Gasteiger partial charge in [0.25, 0.3) is 0 Å². The maximum Gasteiger partial charge on any atom is 0.224 e. The van der Waals surface area contributed by atoms with Crippen LogP contribution >= 0.6 is 36.4 Å². The molecule has 0 aromatic heterocycles. The third-order valence-electron chi connectivity index (χ3n) is 3.95. The van der Waals surface area contributed by atoms with E-state index in [0.29, 0.717) is 35.4 Å². The first-order chi connectivity index (χ1) is 11.0. The first-order valence-electron chi connectivity index (χ1n) is 8.12. The predicted molar refractivity (Wildman–Crippen MR) is 109 cm³/mol. The van der Waals surface area contributed by atoms with Crippen molar-refractivity contribution < 1.29 is 9.53 Å². The van der Waals surface area contributed by atoms with Crippen LogP contribution in [0.25, 0.3) is 0 Å². The van der Waals surface area contributed by atoms with Gasteiger partial charge in [-0.3, -0.25) is 4.79 Å². The molecule has 2 rings (SSSR count). The van der Waals surface area contributed by atoms with Crippen molar-refractivity contribution in [2.24, 2.45) is 5.92 Å². The van der Waals surface area contributed by atoms with E-state index in [1.807, 2.05) is 25.1 Å². The number of rotatable bonds is 8. The van der Waals surface area contributed by atoms with Crippen LogP contribution in [0, 0.1) is 5.92 Å². The molecule has 0 aliphatic carbocycles. The van der Waals surface area contributed by atoms with Gasteiger partial charge in [-0.05, 0) is 64.1 Å². The molecule has 1 saturated heterocycles. The second kappa shape index (κ2) is 12.6. The summed E-state index contributed by atoms with van der Waals surface area (Å²) in [6.07, 6.45) is 2.64. The first-order valence-corrected chi connectivity index (χ1v) is 8.50. The molecule has 1 atom stereocenters. The van der Waals surface area contributed by atoms with Crippen LogP contribution in [0.15, 0.2) is 18.2 Å².